The molecule has 2 aromatic carbocycles. The van der Waals surface area contributed by atoms with Gasteiger partial charge in [0.1, 0.15) is 12.4 Å². The van der Waals surface area contributed by atoms with Gasteiger partial charge in [-0.15, -0.1) is 0 Å². The van der Waals surface area contributed by atoms with Crippen molar-refractivity contribution in [3.8, 4) is 5.75 Å². The van der Waals surface area contributed by atoms with E-state index in [0.717, 1.165) is 42.0 Å². The normalized spacial score (nSPS) is 15.8. The molecule has 1 saturated carbocycles. The molecule has 0 amide bonds. The predicted octanol–water partition coefficient (Wildman–Crippen LogP) is 3.57. The van der Waals surface area contributed by atoms with Crippen LogP contribution in [-0.2, 0) is 9.84 Å². The molecule has 1 aliphatic carbocycles. The third-order valence-electron chi connectivity index (χ3n) is 4.51. The summed E-state index contributed by atoms with van der Waals surface area (Å²) in [5, 5.41) is 9.14. The molecule has 0 spiro atoms. The summed E-state index contributed by atoms with van der Waals surface area (Å²) in [6, 6.07) is 11.4. The maximum Gasteiger partial charge on any atom is 0.156 e. The van der Waals surface area contributed by atoms with E-state index in [-0.39, 0.29) is 17.6 Å². The molecular weight excluding hydrogens is 310 g/mol. The molecule has 0 bridgehead atoms. The number of fused-ring (bicyclic) bond motifs is 1. The number of sulfone groups is 1. The molecule has 0 unspecified atom stereocenters. The largest absolute Gasteiger partial charge is 0.492 e. The van der Waals surface area contributed by atoms with Crippen LogP contribution in [0.15, 0.2) is 36.4 Å². The molecule has 0 radical (unpaired) electrons. The van der Waals surface area contributed by atoms with Crippen molar-refractivity contribution in [3.63, 3.8) is 0 Å². The third-order valence-corrected chi connectivity index (χ3v) is 6.73. The van der Waals surface area contributed by atoms with E-state index in [4.69, 9.17) is 10.1 Å². The van der Waals surface area contributed by atoms with Gasteiger partial charge in [-0.1, -0.05) is 37.1 Å². The van der Waals surface area contributed by atoms with E-state index in [0.29, 0.717) is 5.75 Å². The van der Waals surface area contributed by atoms with Crippen molar-refractivity contribution in [1.29, 1.82) is 5.41 Å². The lowest BCUT2D eigenvalue weighted by Crippen LogP contribution is -2.24. The summed E-state index contributed by atoms with van der Waals surface area (Å²) < 4.78 is 30.3. The van der Waals surface area contributed by atoms with Crippen LogP contribution in [0.2, 0.25) is 0 Å². The Bertz CT molecular complexity index is 808. The maximum atomic E-state index is 12.3. The Hall–Kier alpha value is -1.88. The van der Waals surface area contributed by atoms with Crippen LogP contribution in [0.5, 0.6) is 5.75 Å². The second-order valence-electron chi connectivity index (χ2n) is 5.96. The average Bonchev–Trinajstić information content (AvgIpc) is 3.10. The standard InChI is InChI=1S/C18H21NO3S/c19-13-14-9-10-18(17-8-4-3-7-16(14)17)22-11-12-23(20,21)15-5-1-2-6-15/h3-4,7-10,13,15,19H,1-2,5-6,11-12H2. The highest BCUT2D eigenvalue weighted by molar-refractivity contribution is 7.92. The average molecular weight is 331 g/mol. The van der Waals surface area contributed by atoms with Gasteiger partial charge in [0.25, 0.3) is 0 Å². The Morgan fingerprint density at radius 1 is 1.09 bits per heavy atom. The van der Waals surface area contributed by atoms with E-state index in [1.165, 1.54) is 6.21 Å². The van der Waals surface area contributed by atoms with Gasteiger partial charge in [0.15, 0.2) is 9.84 Å². The number of hydrogen-bond acceptors (Lipinski definition) is 4. The zero-order chi connectivity index (χ0) is 16.3. The lowest BCUT2D eigenvalue weighted by Gasteiger charge is -2.13. The Morgan fingerprint density at radius 2 is 1.78 bits per heavy atom. The minimum Gasteiger partial charge on any atom is -0.492 e. The molecule has 2 aromatic rings. The Morgan fingerprint density at radius 3 is 2.48 bits per heavy atom. The highest BCUT2D eigenvalue weighted by atomic mass is 32.2. The maximum absolute atomic E-state index is 12.3. The molecule has 0 aliphatic heterocycles. The zero-order valence-electron chi connectivity index (χ0n) is 13.0. The molecule has 0 aromatic heterocycles. The van der Waals surface area contributed by atoms with Crippen molar-refractivity contribution < 1.29 is 13.2 Å². The topological polar surface area (TPSA) is 67.2 Å². The lowest BCUT2D eigenvalue weighted by molar-refractivity contribution is 0.344. The van der Waals surface area contributed by atoms with Crippen LogP contribution in [-0.4, -0.2) is 32.2 Å². The zero-order valence-corrected chi connectivity index (χ0v) is 13.8. The van der Waals surface area contributed by atoms with Crippen LogP contribution in [0.4, 0.5) is 0 Å². The van der Waals surface area contributed by atoms with E-state index >= 15 is 0 Å². The van der Waals surface area contributed by atoms with Gasteiger partial charge in [0.05, 0.1) is 11.0 Å². The number of hydrogen-bond donors (Lipinski definition) is 1. The summed E-state index contributed by atoms with van der Waals surface area (Å²) in [6.07, 6.45) is 4.93. The van der Waals surface area contributed by atoms with Crippen LogP contribution >= 0.6 is 0 Å². The molecule has 1 aliphatic rings. The molecule has 5 heteroatoms. The fraction of sp³-hybridized carbons (Fsp3) is 0.389. The Labute approximate surface area is 136 Å². The molecule has 3 rings (SSSR count). The molecule has 23 heavy (non-hydrogen) atoms. The monoisotopic (exact) mass is 331 g/mol. The quantitative estimate of drug-likeness (QED) is 0.823. The summed E-state index contributed by atoms with van der Waals surface area (Å²) >= 11 is 0. The first kappa shape index (κ1) is 16.0. The highest BCUT2D eigenvalue weighted by Gasteiger charge is 2.28. The Kier molecular flexibility index (Phi) is 4.66. The minimum absolute atomic E-state index is 0.0678. The van der Waals surface area contributed by atoms with Gasteiger partial charge >= 0.3 is 0 Å². The van der Waals surface area contributed by atoms with Crippen molar-refractivity contribution in [2.75, 3.05) is 12.4 Å². The number of rotatable bonds is 6. The summed E-state index contributed by atoms with van der Waals surface area (Å²) in [5.41, 5.74) is 0.825. The van der Waals surface area contributed by atoms with E-state index in [1.54, 1.807) is 0 Å². The summed E-state index contributed by atoms with van der Waals surface area (Å²) in [4.78, 5) is 0. The van der Waals surface area contributed by atoms with Gasteiger partial charge in [-0.05, 0) is 30.4 Å². The van der Waals surface area contributed by atoms with Crippen LogP contribution in [0.25, 0.3) is 10.8 Å². The lowest BCUT2D eigenvalue weighted by atomic mass is 10.0. The van der Waals surface area contributed by atoms with Gasteiger partial charge < -0.3 is 10.1 Å². The van der Waals surface area contributed by atoms with E-state index < -0.39 is 9.84 Å². The third kappa shape index (κ3) is 3.39. The van der Waals surface area contributed by atoms with Crippen LogP contribution in [0.3, 0.4) is 0 Å². The van der Waals surface area contributed by atoms with E-state index in [2.05, 4.69) is 0 Å². The van der Waals surface area contributed by atoms with Gasteiger partial charge in [-0.3, -0.25) is 0 Å². The van der Waals surface area contributed by atoms with Gasteiger partial charge in [0.2, 0.25) is 0 Å². The molecule has 0 atom stereocenters. The minimum atomic E-state index is -3.06. The summed E-state index contributed by atoms with van der Waals surface area (Å²) in [6.45, 7) is 0.173. The van der Waals surface area contributed by atoms with Crippen molar-refractivity contribution in [2.24, 2.45) is 0 Å². The SMILES string of the molecule is N=Cc1ccc(OCCS(=O)(=O)C2CCCC2)c2ccccc12. The van der Waals surface area contributed by atoms with E-state index in [9.17, 15) is 8.42 Å². The first-order valence-corrected chi connectivity index (χ1v) is 9.70. The first-order chi connectivity index (χ1) is 11.1. The molecule has 4 nitrogen and oxygen atoms in total. The highest BCUT2D eigenvalue weighted by Crippen LogP contribution is 2.28. The smallest absolute Gasteiger partial charge is 0.156 e. The van der Waals surface area contributed by atoms with Crippen molar-refractivity contribution >= 4 is 26.8 Å². The second-order valence-corrected chi connectivity index (χ2v) is 8.37. The number of ether oxygens (including phenoxy) is 1. The predicted molar refractivity (Wildman–Crippen MR) is 93.4 cm³/mol. The van der Waals surface area contributed by atoms with Gasteiger partial charge in [-0.25, -0.2) is 8.42 Å². The molecule has 122 valence electrons. The van der Waals surface area contributed by atoms with Crippen molar-refractivity contribution in [3.05, 3.63) is 42.0 Å². The fourth-order valence-electron chi connectivity index (χ4n) is 3.23. The van der Waals surface area contributed by atoms with Crippen molar-refractivity contribution in [1.82, 2.24) is 0 Å². The van der Waals surface area contributed by atoms with E-state index in [1.807, 2.05) is 36.4 Å². The van der Waals surface area contributed by atoms with Gasteiger partial charge in [-0.2, -0.15) is 0 Å². The number of benzene rings is 2. The molecule has 0 heterocycles. The van der Waals surface area contributed by atoms with Gasteiger partial charge in [0, 0.05) is 17.2 Å². The molecule has 0 saturated heterocycles. The van der Waals surface area contributed by atoms with Crippen LogP contribution in [0, 0.1) is 5.41 Å². The van der Waals surface area contributed by atoms with Crippen LogP contribution < -0.4 is 4.74 Å². The Balaban J connectivity index is 1.74. The second kappa shape index (κ2) is 6.71. The molecule has 1 fully saturated rings. The summed E-state index contributed by atoms with van der Waals surface area (Å²) in [5.74, 6) is 0.742. The molecule has 1 N–H and O–H groups in total. The fourth-order valence-corrected chi connectivity index (χ4v) is 4.93. The molecular formula is C18H21NO3S. The van der Waals surface area contributed by atoms with Crippen molar-refractivity contribution in [2.45, 2.75) is 30.9 Å². The number of nitrogens with one attached hydrogen (secondary N) is 1. The van der Waals surface area contributed by atoms with Crippen LogP contribution in [0.1, 0.15) is 31.2 Å². The summed E-state index contributed by atoms with van der Waals surface area (Å²) in [7, 11) is -3.06. The first-order valence-electron chi connectivity index (χ1n) is 7.98.